The van der Waals surface area contributed by atoms with E-state index >= 15 is 0 Å². The summed E-state index contributed by atoms with van der Waals surface area (Å²) in [5.74, 6) is -0.184. The molecule has 13 heavy (non-hydrogen) atoms. The van der Waals surface area contributed by atoms with Crippen LogP contribution in [-0.4, -0.2) is 24.0 Å². The summed E-state index contributed by atoms with van der Waals surface area (Å²) in [6.45, 7) is 9.10. The SMILES string of the molecule is C=C(Cl)CN(CC(=C)Cl)NC(C)=O. The summed E-state index contributed by atoms with van der Waals surface area (Å²) in [6, 6.07) is 0. The average Bonchev–Trinajstić information content (AvgIpc) is 1.80. The molecule has 1 amide bonds. The van der Waals surface area contributed by atoms with Crippen molar-refractivity contribution >= 4 is 29.1 Å². The van der Waals surface area contributed by atoms with E-state index in [4.69, 9.17) is 23.2 Å². The Bertz CT molecular complexity index is 190. The van der Waals surface area contributed by atoms with Gasteiger partial charge in [-0.15, -0.1) is 0 Å². The van der Waals surface area contributed by atoms with E-state index in [2.05, 4.69) is 18.6 Å². The lowest BCUT2D eigenvalue weighted by atomic mass is 10.5. The fourth-order valence-corrected chi connectivity index (χ4v) is 1.06. The van der Waals surface area contributed by atoms with Crippen molar-refractivity contribution in [3.8, 4) is 0 Å². The molecule has 74 valence electrons. The van der Waals surface area contributed by atoms with E-state index in [0.29, 0.717) is 23.2 Å². The largest absolute Gasteiger partial charge is 0.288 e. The molecule has 0 heterocycles. The minimum atomic E-state index is -0.184. The van der Waals surface area contributed by atoms with Gasteiger partial charge in [-0.3, -0.25) is 10.2 Å². The Morgan fingerprint density at radius 1 is 1.31 bits per heavy atom. The third-order valence-electron chi connectivity index (χ3n) is 1.04. The van der Waals surface area contributed by atoms with Crippen LogP contribution in [0.5, 0.6) is 0 Å². The maximum atomic E-state index is 10.7. The number of carbonyl (C=O) groups is 1. The van der Waals surface area contributed by atoms with Crippen molar-refractivity contribution in [1.29, 1.82) is 0 Å². The van der Waals surface area contributed by atoms with Crippen molar-refractivity contribution < 1.29 is 4.79 Å². The second-order valence-corrected chi connectivity index (χ2v) is 3.63. The first-order valence-corrected chi connectivity index (χ1v) is 4.36. The molecule has 0 aliphatic heterocycles. The van der Waals surface area contributed by atoms with Gasteiger partial charge in [-0.05, 0) is 0 Å². The van der Waals surface area contributed by atoms with Crippen LogP contribution in [0.15, 0.2) is 23.2 Å². The van der Waals surface area contributed by atoms with Crippen LogP contribution in [0.4, 0.5) is 0 Å². The second kappa shape index (κ2) is 6.02. The number of hydrazine groups is 1. The van der Waals surface area contributed by atoms with Crippen LogP contribution in [0.1, 0.15) is 6.92 Å². The fourth-order valence-electron chi connectivity index (χ4n) is 0.772. The molecule has 0 fully saturated rings. The first kappa shape index (κ1) is 12.5. The normalized spacial score (nSPS) is 9.85. The van der Waals surface area contributed by atoms with Gasteiger partial charge in [0.1, 0.15) is 0 Å². The molecule has 0 atom stereocenters. The molecule has 0 saturated carbocycles. The van der Waals surface area contributed by atoms with E-state index < -0.39 is 0 Å². The minimum absolute atomic E-state index is 0.184. The molecule has 0 radical (unpaired) electrons. The van der Waals surface area contributed by atoms with Crippen molar-refractivity contribution in [3.05, 3.63) is 23.2 Å². The monoisotopic (exact) mass is 222 g/mol. The van der Waals surface area contributed by atoms with Crippen molar-refractivity contribution in [2.24, 2.45) is 0 Å². The molecule has 5 heteroatoms. The average molecular weight is 223 g/mol. The van der Waals surface area contributed by atoms with E-state index in [0.717, 1.165) is 0 Å². The van der Waals surface area contributed by atoms with Crippen molar-refractivity contribution in [3.63, 3.8) is 0 Å². The first-order chi connectivity index (χ1) is 5.91. The van der Waals surface area contributed by atoms with Gasteiger partial charge in [0.25, 0.3) is 0 Å². The number of nitrogens with one attached hydrogen (secondary N) is 1. The molecule has 0 rings (SSSR count). The Balaban J connectivity index is 4.10. The highest BCUT2D eigenvalue weighted by Gasteiger charge is 2.07. The third kappa shape index (κ3) is 7.84. The molecule has 0 bridgehead atoms. The zero-order valence-electron chi connectivity index (χ0n) is 7.44. The first-order valence-electron chi connectivity index (χ1n) is 3.60. The van der Waals surface area contributed by atoms with Gasteiger partial charge in [-0.1, -0.05) is 36.4 Å². The molecule has 0 saturated heterocycles. The van der Waals surface area contributed by atoms with Crippen LogP contribution in [0.3, 0.4) is 0 Å². The maximum absolute atomic E-state index is 10.7. The number of rotatable bonds is 5. The van der Waals surface area contributed by atoms with Crippen LogP contribution in [0.2, 0.25) is 0 Å². The van der Waals surface area contributed by atoms with Gasteiger partial charge >= 0.3 is 0 Å². The van der Waals surface area contributed by atoms with Crippen LogP contribution >= 0.6 is 23.2 Å². The number of carbonyl (C=O) groups excluding carboxylic acids is 1. The third-order valence-corrected chi connectivity index (χ3v) is 1.28. The summed E-state index contributed by atoms with van der Waals surface area (Å²) in [5.41, 5.74) is 2.55. The lowest BCUT2D eigenvalue weighted by molar-refractivity contribution is -0.123. The minimum Gasteiger partial charge on any atom is -0.288 e. The summed E-state index contributed by atoms with van der Waals surface area (Å²) >= 11 is 11.2. The number of halogens is 2. The van der Waals surface area contributed by atoms with E-state index in [1.807, 2.05) is 0 Å². The molecule has 0 aromatic rings. The van der Waals surface area contributed by atoms with E-state index in [1.165, 1.54) is 11.9 Å². The summed E-state index contributed by atoms with van der Waals surface area (Å²) in [5, 5.41) is 2.38. The molecular formula is C8H12Cl2N2O. The Kier molecular flexibility index (Phi) is 5.79. The summed E-state index contributed by atoms with van der Waals surface area (Å²) in [6.07, 6.45) is 0. The fraction of sp³-hybridized carbons (Fsp3) is 0.375. The number of hydrogen-bond donors (Lipinski definition) is 1. The lowest BCUT2D eigenvalue weighted by Crippen LogP contribution is -2.42. The summed E-state index contributed by atoms with van der Waals surface area (Å²) in [4.78, 5) is 10.7. The molecule has 0 aliphatic carbocycles. The highest BCUT2D eigenvalue weighted by molar-refractivity contribution is 6.30. The van der Waals surface area contributed by atoms with Gasteiger partial charge < -0.3 is 0 Å². The topological polar surface area (TPSA) is 32.3 Å². The van der Waals surface area contributed by atoms with E-state index in [-0.39, 0.29) is 5.91 Å². The Morgan fingerprint density at radius 3 is 1.92 bits per heavy atom. The van der Waals surface area contributed by atoms with Crippen molar-refractivity contribution in [1.82, 2.24) is 10.4 Å². The predicted octanol–water partition coefficient (Wildman–Crippen LogP) is 1.84. The maximum Gasteiger partial charge on any atom is 0.231 e. The standard InChI is InChI=1S/C8H12Cl2N2O/c1-6(9)4-12(5-7(2)10)11-8(3)13/h1-2,4-5H2,3H3,(H,11,13). The van der Waals surface area contributed by atoms with Gasteiger partial charge in [0, 0.05) is 17.0 Å². The van der Waals surface area contributed by atoms with Crippen LogP contribution < -0.4 is 5.43 Å². The number of hydrogen-bond acceptors (Lipinski definition) is 2. The van der Waals surface area contributed by atoms with Gasteiger partial charge in [0.15, 0.2) is 0 Å². The Hall–Kier alpha value is -0.510. The molecule has 0 aromatic heterocycles. The molecule has 0 spiro atoms. The van der Waals surface area contributed by atoms with Crippen molar-refractivity contribution in [2.45, 2.75) is 6.92 Å². The number of amides is 1. The number of nitrogens with zero attached hydrogens (tertiary/aromatic N) is 1. The zero-order chi connectivity index (χ0) is 10.4. The molecule has 0 aromatic carbocycles. The van der Waals surface area contributed by atoms with Crippen LogP contribution in [0, 0.1) is 0 Å². The zero-order valence-corrected chi connectivity index (χ0v) is 8.95. The Labute approximate surface area is 88.0 Å². The van der Waals surface area contributed by atoms with E-state index in [9.17, 15) is 4.79 Å². The van der Waals surface area contributed by atoms with Crippen LogP contribution in [-0.2, 0) is 4.79 Å². The van der Waals surface area contributed by atoms with Gasteiger partial charge in [-0.25, -0.2) is 5.01 Å². The van der Waals surface area contributed by atoms with E-state index in [1.54, 1.807) is 0 Å². The molecule has 3 nitrogen and oxygen atoms in total. The highest BCUT2D eigenvalue weighted by atomic mass is 35.5. The summed E-state index contributed by atoms with van der Waals surface area (Å²) < 4.78 is 0. The van der Waals surface area contributed by atoms with Crippen molar-refractivity contribution in [2.75, 3.05) is 13.1 Å². The predicted molar refractivity (Wildman–Crippen MR) is 55.4 cm³/mol. The van der Waals surface area contributed by atoms with Crippen LogP contribution in [0.25, 0.3) is 0 Å². The van der Waals surface area contributed by atoms with Gasteiger partial charge in [0.05, 0.1) is 13.1 Å². The lowest BCUT2D eigenvalue weighted by Gasteiger charge is -2.20. The molecular weight excluding hydrogens is 211 g/mol. The second-order valence-electron chi connectivity index (χ2n) is 2.56. The van der Waals surface area contributed by atoms with Gasteiger partial charge in [-0.2, -0.15) is 0 Å². The van der Waals surface area contributed by atoms with Gasteiger partial charge in [0.2, 0.25) is 5.91 Å². The smallest absolute Gasteiger partial charge is 0.231 e. The Morgan fingerprint density at radius 2 is 1.69 bits per heavy atom. The molecule has 0 aliphatic rings. The highest BCUT2D eigenvalue weighted by Crippen LogP contribution is 2.04. The molecule has 1 N–H and O–H groups in total. The quantitative estimate of drug-likeness (QED) is 0.721. The summed E-state index contributed by atoms with van der Waals surface area (Å²) in [7, 11) is 0. The molecule has 0 unspecified atom stereocenters.